The molecule has 1 unspecified atom stereocenters. The number of fused-ring (bicyclic) bond motifs is 1. The summed E-state index contributed by atoms with van der Waals surface area (Å²) >= 11 is 0. The second-order valence-corrected chi connectivity index (χ2v) is 6.13. The standard InChI is InChI=1S/C17H23NO3/c19-17(20)6-5-15-11-14-3-1-2-4-16(14)18(15)12-13-7-9-21-10-8-13/h1-4,13,15H,5-12H2,(H,19,20). The minimum Gasteiger partial charge on any atom is -0.481 e. The maximum absolute atomic E-state index is 10.9. The van der Waals surface area contributed by atoms with Gasteiger partial charge >= 0.3 is 5.97 Å². The quantitative estimate of drug-likeness (QED) is 0.905. The molecule has 0 aliphatic carbocycles. The lowest BCUT2D eigenvalue weighted by Gasteiger charge is -2.33. The van der Waals surface area contributed by atoms with E-state index in [0.29, 0.717) is 12.0 Å². The SMILES string of the molecule is O=C(O)CCC1Cc2ccccc2N1CC1CCOCC1. The summed E-state index contributed by atoms with van der Waals surface area (Å²) in [6.07, 6.45) is 4.19. The largest absolute Gasteiger partial charge is 0.481 e. The van der Waals surface area contributed by atoms with Crippen molar-refractivity contribution in [2.24, 2.45) is 5.92 Å². The van der Waals surface area contributed by atoms with E-state index in [1.165, 1.54) is 11.3 Å². The second-order valence-electron chi connectivity index (χ2n) is 6.13. The molecule has 2 heterocycles. The van der Waals surface area contributed by atoms with E-state index in [1.807, 2.05) is 0 Å². The molecule has 1 aromatic carbocycles. The lowest BCUT2D eigenvalue weighted by Crippen LogP contribution is -2.38. The number of carbonyl (C=O) groups is 1. The van der Waals surface area contributed by atoms with Crippen LogP contribution in [0.4, 0.5) is 5.69 Å². The molecule has 1 fully saturated rings. The monoisotopic (exact) mass is 289 g/mol. The minimum atomic E-state index is -0.697. The first-order chi connectivity index (χ1) is 10.2. The van der Waals surface area contributed by atoms with E-state index in [0.717, 1.165) is 45.4 Å². The van der Waals surface area contributed by atoms with Gasteiger partial charge in [0.1, 0.15) is 0 Å². The van der Waals surface area contributed by atoms with Crippen molar-refractivity contribution >= 4 is 11.7 Å². The van der Waals surface area contributed by atoms with Crippen LogP contribution in [0.25, 0.3) is 0 Å². The van der Waals surface area contributed by atoms with Gasteiger partial charge < -0.3 is 14.7 Å². The Balaban J connectivity index is 1.72. The van der Waals surface area contributed by atoms with Crippen LogP contribution in [0.2, 0.25) is 0 Å². The Morgan fingerprint density at radius 2 is 2.05 bits per heavy atom. The number of aliphatic carboxylic acids is 1. The van der Waals surface area contributed by atoms with E-state index in [1.54, 1.807) is 0 Å². The fourth-order valence-electron chi connectivity index (χ4n) is 3.53. The maximum atomic E-state index is 10.9. The molecule has 0 aromatic heterocycles. The first-order valence-corrected chi connectivity index (χ1v) is 7.88. The van der Waals surface area contributed by atoms with Crippen LogP contribution in [0.15, 0.2) is 24.3 Å². The first kappa shape index (κ1) is 14.4. The Morgan fingerprint density at radius 1 is 1.29 bits per heavy atom. The second kappa shape index (κ2) is 6.48. The molecule has 0 radical (unpaired) electrons. The fraction of sp³-hybridized carbons (Fsp3) is 0.588. The van der Waals surface area contributed by atoms with Crippen molar-refractivity contribution < 1.29 is 14.6 Å². The molecule has 2 aliphatic rings. The Kier molecular flexibility index (Phi) is 4.44. The van der Waals surface area contributed by atoms with E-state index in [2.05, 4.69) is 29.2 Å². The van der Waals surface area contributed by atoms with Gasteiger partial charge in [-0.05, 0) is 43.2 Å². The number of carboxylic acids is 1. The van der Waals surface area contributed by atoms with Gasteiger partial charge in [0.15, 0.2) is 0 Å². The summed E-state index contributed by atoms with van der Waals surface area (Å²) in [6, 6.07) is 8.84. The number of carboxylic acid groups (broad SMARTS) is 1. The van der Waals surface area contributed by atoms with Crippen molar-refractivity contribution in [2.75, 3.05) is 24.7 Å². The zero-order chi connectivity index (χ0) is 14.7. The molecule has 1 saturated heterocycles. The summed E-state index contributed by atoms with van der Waals surface area (Å²) in [6.45, 7) is 2.75. The molecule has 114 valence electrons. The Labute approximate surface area is 125 Å². The highest BCUT2D eigenvalue weighted by atomic mass is 16.5. The predicted octanol–water partition coefficient (Wildman–Crippen LogP) is 2.71. The number of rotatable bonds is 5. The number of hydrogen-bond donors (Lipinski definition) is 1. The van der Waals surface area contributed by atoms with E-state index < -0.39 is 5.97 Å². The number of para-hydroxylation sites is 1. The lowest BCUT2D eigenvalue weighted by molar-refractivity contribution is -0.137. The van der Waals surface area contributed by atoms with Crippen LogP contribution in [-0.4, -0.2) is 36.9 Å². The molecule has 0 bridgehead atoms. The van der Waals surface area contributed by atoms with Gasteiger partial charge in [0, 0.05) is 37.9 Å². The molecule has 4 nitrogen and oxygen atoms in total. The predicted molar refractivity (Wildman–Crippen MR) is 81.7 cm³/mol. The van der Waals surface area contributed by atoms with Gasteiger partial charge in [-0.25, -0.2) is 0 Å². The van der Waals surface area contributed by atoms with Gasteiger partial charge in [0.25, 0.3) is 0 Å². The van der Waals surface area contributed by atoms with Crippen LogP contribution in [0.1, 0.15) is 31.2 Å². The molecular weight excluding hydrogens is 266 g/mol. The molecular formula is C17H23NO3. The fourth-order valence-corrected chi connectivity index (χ4v) is 3.53. The number of ether oxygens (including phenoxy) is 1. The zero-order valence-electron chi connectivity index (χ0n) is 12.3. The van der Waals surface area contributed by atoms with E-state index >= 15 is 0 Å². The van der Waals surface area contributed by atoms with E-state index in [9.17, 15) is 4.79 Å². The highest BCUT2D eigenvalue weighted by molar-refractivity contribution is 5.67. The number of anilines is 1. The molecule has 0 saturated carbocycles. The van der Waals surface area contributed by atoms with Gasteiger partial charge in [-0.3, -0.25) is 4.79 Å². The van der Waals surface area contributed by atoms with Crippen molar-refractivity contribution in [3.63, 3.8) is 0 Å². The van der Waals surface area contributed by atoms with E-state index in [4.69, 9.17) is 9.84 Å². The van der Waals surface area contributed by atoms with Gasteiger partial charge in [0.2, 0.25) is 0 Å². The summed E-state index contributed by atoms with van der Waals surface area (Å²) < 4.78 is 5.44. The molecule has 0 amide bonds. The van der Waals surface area contributed by atoms with E-state index in [-0.39, 0.29) is 6.42 Å². The topological polar surface area (TPSA) is 49.8 Å². The Hall–Kier alpha value is -1.55. The highest BCUT2D eigenvalue weighted by Crippen LogP contribution is 2.35. The Bertz CT molecular complexity index is 497. The lowest BCUT2D eigenvalue weighted by atomic mass is 9.98. The Morgan fingerprint density at radius 3 is 2.81 bits per heavy atom. The summed E-state index contributed by atoms with van der Waals surface area (Å²) in [4.78, 5) is 13.3. The van der Waals surface area contributed by atoms with Gasteiger partial charge in [-0.15, -0.1) is 0 Å². The van der Waals surface area contributed by atoms with Crippen molar-refractivity contribution in [1.29, 1.82) is 0 Å². The number of nitrogens with zero attached hydrogens (tertiary/aromatic N) is 1. The van der Waals surface area contributed by atoms with Crippen LogP contribution in [0, 0.1) is 5.92 Å². The van der Waals surface area contributed by atoms with Crippen molar-refractivity contribution in [3.8, 4) is 0 Å². The summed E-state index contributed by atoms with van der Waals surface area (Å²) in [5.41, 5.74) is 2.67. The van der Waals surface area contributed by atoms with Crippen LogP contribution < -0.4 is 4.90 Å². The number of hydrogen-bond acceptors (Lipinski definition) is 3. The van der Waals surface area contributed by atoms with Crippen LogP contribution in [-0.2, 0) is 16.0 Å². The average Bonchev–Trinajstić information content (AvgIpc) is 2.84. The molecule has 4 heteroatoms. The average molecular weight is 289 g/mol. The van der Waals surface area contributed by atoms with Crippen LogP contribution in [0.5, 0.6) is 0 Å². The highest BCUT2D eigenvalue weighted by Gasteiger charge is 2.31. The van der Waals surface area contributed by atoms with Gasteiger partial charge in [-0.1, -0.05) is 18.2 Å². The van der Waals surface area contributed by atoms with Crippen molar-refractivity contribution in [1.82, 2.24) is 0 Å². The van der Waals surface area contributed by atoms with Crippen molar-refractivity contribution in [3.05, 3.63) is 29.8 Å². The summed E-state index contributed by atoms with van der Waals surface area (Å²) in [5.74, 6) is -0.0331. The molecule has 1 N–H and O–H groups in total. The third-order valence-corrected chi connectivity index (χ3v) is 4.68. The molecule has 1 aromatic rings. The number of benzene rings is 1. The first-order valence-electron chi connectivity index (χ1n) is 7.88. The molecule has 1 atom stereocenters. The van der Waals surface area contributed by atoms with Gasteiger partial charge in [-0.2, -0.15) is 0 Å². The maximum Gasteiger partial charge on any atom is 0.303 e. The summed E-state index contributed by atoms with van der Waals surface area (Å²) in [5, 5.41) is 8.96. The third kappa shape index (κ3) is 3.38. The molecule has 3 rings (SSSR count). The van der Waals surface area contributed by atoms with Crippen LogP contribution in [0.3, 0.4) is 0 Å². The smallest absolute Gasteiger partial charge is 0.303 e. The molecule has 21 heavy (non-hydrogen) atoms. The van der Waals surface area contributed by atoms with Crippen LogP contribution >= 0.6 is 0 Å². The molecule has 2 aliphatic heterocycles. The van der Waals surface area contributed by atoms with Gasteiger partial charge in [0.05, 0.1) is 0 Å². The van der Waals surface area contributed by atoms with Crippen molar-refractivity contribution in [2.45, 2.75) is 38.1 Å². The third-order valence-electron chi connectivity index (χ3n) is 4.68. The minimum absolute atomic E-state index is 0.253. The summed E-state index contributed by atoms with van der Waals surface area (Å²) in [7, 11) is 0. The normalized spacial score (nSPS) is 22.3. The molecule has 0 spiro atoms. The zero-order valence-corrected chi connectivity index (χ0v) is 12.3.